The van der Waals surface area contributed by atoms with Gasteiger partial charge in [-0.15, -0.1) is 0 Å². The Morgan fingerprint density at radius 2 is 1.67 bits per heavy atom. The molecule has 174 valence electrons. The number of benzene rings is 2. The molecule has 1 heterocycles. The number of amides is 2. The van der Waals surface area contributed by atoms with Gasteiger partial charge in [-0.3, -0.25) is 9.59 Å². The molecule has 33 heavy (non-hydrogen) atoms. The fourth-order valence-corrected chi connectivity index (χ4v) is 3.26. The fraction of sp³-hybridized carbons (Fsp3) is 0.346. The molecule has 2 amide bonds. The van der Waals surface area contributed by atoms with Gasteiger partial charge in [0, 0.05) is 18.0 Å². The van der Waals surface area contributed by atoms with Crippen LogP contribution < -0.4 is 5.32 Å². The Kier molecular flexibility index (Phi) is 8.01. The number of anilines is 1. The molecular weight excluding hydrogens is 416 g/mol. The standard InChI is InChI=1S/C26H32N4O3/c1-5-29(25(32)19-33-18-20-12-8-6-9-13-20)17-24(31)27-23-16-22(26(2,3)4)28-30(23)21-14-10-7-11-15-21/h6-16H,5,17-19H2,1-4H3,(H,27,31). The molecule has 3 aromatic rings. The van der Waals surface area contributed by atoms with Gasteiger partial charge < -0.3 is 15.0 Å². The first kappa shape index (κ1) is 24.2. The number of nitrogens with one attached hydrogen (secondary N) is 1. The third kappa shape index (κ3) is 6.76. The first-order chi connectivity index (χ1) is 15.8. The number of hydrogen-bond donors (Lipinski definition) is 1. The van der Waals surface area contributed by atoms with Crippen LogP contribution in [-0.2, 0) is 26.3 Å². The van der Waals surface area contributed by atoms with Gasteiger partial charge in [0.15, 0.2) is 0 Å². The van der Waals surface area contributed by atoms with E-state index in [1.165, 1.54) is 4.90 Å². The second-order valence-electron chi connectivity index (χ2n) is 8.85. The van der Waals surface area contributed by atoms with Gasteiger partial charge in [-0.2, -0.15) is 5.10 Å². The van der Waals surface area contributed by atoms with Gasteiger partial charge in [-0.1, -0.05) is 69.3 Å². The molecular formula is C26H32N4O3. The zero-order chi connectivity index (χ0) is 23.8. The molecule has 0 atom stereocenters. The molecule has 3 rings (SSSR count). The molecule has 0 radical (unpaired) electrons. The van der Waals surface area contributed by atoms with Crippen molar-refractivity contribution in [2.45, 2.75) is 39.7 Å². The molecule has 0 aliphatic heterocycles. The largest absolute Gasteiger partial charge is 0.367 e. The maximum atomic E-state index is 12.8. The van der Waals surface area contributed by atoms with Gasteiger partial charge in [-0.05, 0) is 24.6 Å². The molecule has 0 aliphatic rings. The molecule has 0 bridgehead atoms. The van der Waals surface area contributed by atoms with Crippen LogP contribution in [0.25, 0.3) is 5.69 Å². The molecule has 2 aromatic carbocycles. The molecule has 7 heteroatoms. The van der Waals surface area contributed by atoms with E-state index in [1.807, 2.05) is 73.7 Å². The molecule has 0 spiro atoms. The molecule has 0 unspecified atom stereocenters. The fourth-order valence-electron chi connectivity index (χ4n) is 3.26. The van der Waals surface area contributed by atoms with Crippen molar-refractivity contribution in [2.24, 2.45) is 0 Å². The van der Waals surface area contributed by atoms with Crippen LogP contribution in [0, 0.1) is 0 Å². The summed E-state index contributed by atoms with van der Waals surface area (Å²) in [5.41, 5.74) is 2.52. The second kappa shape index (κ2) is 10.9. The van der Waals surface area contributed by atoms with E-state index in [1.54, 1.807) is 4.68 Å². The van der Waals surface area contributed by atoms with E-state index < -0.39 is 0 Å². The summed E-state index contributed by atoms with van der Waals surface area (Å²) in [4.78, 5) is 26.9. The lowest BCUT2D eigenvalue weighted by Crippen LogP contribution is -2.40. The third-order valence-corrected chi connectivity index (χ3v) is 5.15. The minimum atomic E-state index is -0.286. The van der Waals surface area contributed by atoms with E-state index in [9.17, 15) is 9.59 Å². The maximum Gasteiger partial charge on any atom is 0.249 e. The minimum Gasteiger partial charge on any atom is -0.367 e. The summed E-state index contributed by atoms with van der Waals surface area (Å²) in [7, 11) is 0. The van der Waals surface area contributed by atoms with Crippen LogP contribution in [0.1, 0.15) is 39.0 Å². The molecule has 0 saturated heterocycles. The third-order valence-electron chi connectivity index (χ3n) is 5.15. The van der Waals surface area contributed by atoms with E-state index in [0.29, 0.717) is 19.0 Å². The number of hydrogen-bond acceptors (Lipinski definition) is 4. The smallest absolute Gasteiger partial charge is 0.249 e. The summed E-state index contributed by atoms with van der Waals surface area (Å²) < 4.78 is 7.27. The summed E-state index contributed by atoms with van der Waals surface area (Å²) in [6, 6.07) is 21.2. The summed E-state index contributed by atoms with van der Waals surface area (Å²) in [6.45, 7) is 8.68. The molecule has 1 N–H and O–H groups in total. The van der Waals surface area contributed by atoms with Crippen molar-refractivity contribution in [3.8, 4) is 5.69 Å². The number of carbonyl (C=O) groups excluding carboxylic acids is 2. The topological polar surface area (TPSA) is 76.5 Å². The summed E-state index contributed by atoms with van der Waals surface area (Å²) in [6.07, 6.45) is 0. The highest BCUT2D eigenvalue weighted by molar-refractivity contribution is 5.94. The van der Waals surface area contributed by atoms with E-state index in [0.717, 1.165) is 16.9 Å². The van der Waals surface area contributed by atoms with Crippen molar-refractivity contribution in [3.05, 3.63) is 78.0 Å². The number of likely N-dealkylation sites (N-methyl/N-ethyl adjacent to an activating group) is 1. The van der Waals surface area contributed by atoms with Crippen molar-refractivity contribution >= 4 is 17.6 Å². The lowest BCUT2D eigenvalue weighted by atomic mass is 9.92. The summed E-state index contributed by atoms with van der Waals surface area (Å²) in [5, 5.41) is 7.64. The van der Waals surface area contributed by atoms with Crippen LogP contribution in [0.4, 0.5) is 5.82 Å². The highest BCUT2D eigenvalue weighted by Crippen LogP contribution is 2.26. The number of ether oxygens (including phenoxy) is 1. The Labute approximate surface area is 195 Å². The van der Waals surface area contributed by atoms with Gasteiger partial charge in [0.05, 0.1) is 24.5 Å². The second-order valence-corrected chi connectivity index (χ2v) is 8.85. The van der Waals surface area contributed by atoms with Gasteiger partial charge in [0.2, 0.25) is 11.8 Å². The van der Waals surface area contributed by atoms with E-state index in [2.05, 4.69) is 26.1 Å². The molecule has 7 nitrogen and oxygen atoms in total. The Bertz CT molecular complexity index is 1060. The van der Waals surface area contributed by atoms with Crippen LogP contribution in [0.2, 0.25) is 0 Å². The van der Waals surface area contributed by atoms with Crippen molar-refractivity contribution < 1.29 is 14.3 Å². The lowest BCUT2D eigenvalue weighted by molar-refractivity contribution is -0.139. The van der Waals surface area contributed by atoms with Crippen LogP contribution in [0.5, 0.6) is 0 Å². The van der Waals surface area contributed by atoms with Gasteiger partial charge >= 0.3 is 0 Å². The number of aromatic nitrogens is 2. The van der Waals surface area contributed by atoms with Gasteiger partial charge in [0.1, 0.15) is 12.4 Å². The van der Waals surface area contributed by atoms with Crippen molar-refractivity contribution in [2.75, 3.05) is 25.0 Å². The van der Waals surface area contributed by atoms with Crippen molar-refractivity contribution in [1.82, 2.24) is 14.7 Å². The van der Waals surface area contributed by atoms with Crippen LogP contribution in [0.15, 0.2) is 66.7 Å². The molecule has 0 aliphatic carbocycles. The quantitative estimate of drug-likeness (QED) is 0.533. The van der Waals surface area contributed by atoms with E-state index in [-0.39, 0.29) is 30.4 Å². The minimum absolute atomic E-state index is 0.0607. The first-order valence-corrected chi connectivity index (χ1v) is 11.1. The summed E-state index contributed by atoms with van der Waals surface area (Å²) in [5.74, 6) is 0.0567. The SMILES string of the molecule is CCN(CC(=O)Nc1cc(C(C)(C)C)nn1-c1ccccc1)C(=O)COCc1ccccc1. The maximum absolute atomic E-state index is 12.8. The highest BCUT2D eigenvalue weighted by Gasteiger charge is 2.22. The zero-order valence-electron chi connectivity index (χ0n) is 19.7. The molecule has 0 saturated carbocycles. The monoisotopic (exact) mass is 448 g/mol. The predicted octanol–water partition coefficient (Wildman–Crippen LogP) is 4.17. The van der Waals surface area contributed by atoms with Gasteiger partial charge in [0.25, 0.3) is 0 Å². The average molecular weight is 449 g/mol. The number of rotatable bonds is 9. The molecule has 0 fully saturated rings. The van der Waals surface area contributed by atoms with Crippen molar-refractivity contribution in [1.29, 1.82) is 0 Å². The van der Waals surface area contributed by atoms with E-state index >= 15 is 0 Å². The number of carbonyl (C=O) groups is 2. The normalized spacial score (nSPS) is 11.3. The zero-order valence-corrected chi connectivity index (χ0v) is 19.7. The Balaban J connectivity index is 1.64. The van der Waals surface area contributed by atoms with Crippen LogP contribution in [0.3, 0.4) is 0 Å². The van der Waals surface area contributed by atoms with Crippen LogP contribution in [-0.4, -0.2) is 46.2 Å². The summed E-state index contributed by atoms with van der Waals surface area (Å²) >= 11 is 0. The van der Waals surface area contributed by atoms with E-state index in [4.69, 9.17) is 9.84 Å². The highest BCUT2D eigenvalue weighted by atomic mass is 16.5. The lowest BCUT2D eigenvalue weighted by Gasteiger charge is -2.20. The van der Waals surface area contributed by atoms with Gasteiger partial charge in [-0.25, -0.2) is 4.68 Å². The molecule has 1 aromatic heterocycles. The Morgan fingerprint density at radius 1 is 1.03 bits per heavy atom. The average Bonchev–Trinajstić information content (AvgIpc) is 3.23. The van der Waals surface area contributed by atoms with Crippen LogP contribution >= 0.6 is 0 Å². The number of nitrogens with zero attached hydrogens (tertiary/aromatic N) is 3. The Morgan fingerprint density at radius 3 is 2.27 bits per heavy atom. The predicted molar refractivity (Wildman–Crippen MR) is 129 cm³/mol. The van der Waals surface area contributed by atoms with Crippen molar-refractivity contribution in [3.63, 3.8) is 0 Å². The Hall–Kier alpha value is -3.45. The first-order valence-electron chi connectivity index (χ1n) is 11.1. The number of para-hydroxylation sites is 1.